The van der Waals surface area contributed by atoms with Crippen molar-refractivity contribution in [3.05, 3.63) is 57.3 Å². The smallest absolute Gasteiger partial charge is 0.255 e. The molecule has 0 saturated heterocycles. The Morgan fingerprint density at radius 2 is 2.05 bits per heavy atom. The Kier molecular flexibility index (Phi) is 4.07. The molecular formula is C13H9BrClFN2O. The molecule has 0 unspecified atom stereocenters. The van der Waals surface area contributed by atoms with Crippen molar-refractivity contribution in [2.75, 3.05) is 11.1 Å². The first-order chi connectivity index (χ1) is 8.99. The van der Waals surface area contributed by atoms with Gasteiger partial charge in [-0.1, -0.05) is 17.7 Å². The maximum atomic E-state index is 13.6. The molecule has 0 atom stereocenters. The number of nitrogen functional groups attached to an aromatic ring is 1. The first-order valence-corrected chi connectivity index (χ1v) is 6.46. The van der Waals surface area contributed by atoms with E-state index in [0.29, 0.717) is 15.7 Å². The van der Waals surface area contributed by atoms with Crippen molar-refractivity contribution in [1.29, 1.82) is 0 Å². The first-order valence-electron chi connectivity index (χ1n) is 5.29. The monoisotopic (exact) mass is 342 g/mol. The van der Waals surface area contributed by atoms with Gasteiger partial charge in [0.05, 0.1) is 10.7 Å². The summed E-state index contributed by atoms with van der Waals surface area (Å²) in [5.74, 6) is -1.12. The zero-order valence-corrected chi connectivity index (χ0v) is 11.9. The Morgan fingerprint density at radius 1 is 1.32 bits per heavy atom. The highest BCUT2D eigenvalue weighted by molar-refractivity contribution is 9.10. The molecule has 3 nitrogen and oxygen atoms in total. The number of carbonyl (C=O) groups is 1. The van der Waals surface area contributed by atoms with Crippen molar-refractivity contribution in [2.45, 2.75) is 0 Å². The maximum Gasteiger partial charge on any atom is 0.255 e. The normalized spacial score (nSPS) is 10.3. The number of anilines is 2. The summed E-state index contributed by atoms with van der Waals surface area (Å²) in [5.41, 5.74) is 6.47. The number of nitrogens with two attached hydrogens (primary N) is 1. The van der Waals surface area contributed by atoms with E-state index in [0.717, 1.165) is 0 Å². The number of rotatable bonds is 2. The molecule has 6 heteroatoms. The lowest BCUT2D eigenvalue weighted by atomic mass is 10.2. The van der Waals surface area contributed by atoms with Crippen LogP contribution < -0.4 is 11.1 Å². The highest BCUT2D eigenvalue weighted by Gasteiger charge is 2.12. The van der Waals surface area contributed by atoms with Gasteiger partial charge in [0.25, 0.3) is 5.91 Å². The van der Waals surface area contributed by atoms with Crippen molar-refractivity contribution in [1.82, 2.24) is 0 Å². The average molecular weight is 344 g/mol. The minimum atomic E-state index is -0.664. The van der Waals surface area contributed by atoms with Gasteiger partial charge < -0.3 is 11.1 Å². The van der Waals surface area contributed by atoms with Crippen LogP contribution in [-0.2, 0) is 0 Å². The molecular weight excluding hydrogens is 335 g/mol. The minimum absolute atomic E-state index is 0.0268. The van der Waals surface area contributed by atoms with E-state index < -0.39 is 11.7 Å². The fraction of sp³-hybridized carbons (Fsp3) is 0. The van der Waals surface area contributed by atoms with Gasteiger partial charge in [0.1, 0.15) is 0 Å². The molecule has 0 aromatic heterocycles. The zero-order valence-electron chi connectivity index (χ0n) is 9.58. The Bertz CT molecular complexity index is 649. The molecule has 2 aromatic rings. The summed E-state index contributed by atoms with van der Waals surface area (Å²) in [4.78, 5) is 11.9. The fourth-order valence-electron chi connectivity index (χ4n) is 1.48. The fourth-order valence-corrected chi connectivity index (χ4v) is 1.90. The topological polar surface area (TPSA) is 55.1 Å². The molecule has 0 bridgehead atoms. The summed E-state index contributed by atoms with van der Waals surface area (Å²) in [6.45, 7) is 0. The standard InChI is InChI=1S/C13H9BrClFN2O/c14-8-5-4-7(6-10(8)17)13(19)18-11-3-1-2-9(15)12(11)16/h1-6H,17H2,(H,18,19). The predicted molar refractivity (Wildman–Crippen MR) is 77.9 cm³/mol. The van der Waals surface area contributed by atoms with Crippen molar-refractivity contribution in [3.63, 3.8) is 0 Å². The second-order valence-electron chi connectivity index (χ2n) is 3.79. The molecule has 98 valence electrons. The highest BCUT2D eigenvalue weighted by Crippen LogP contribution is 2.24. The van der Waals surface area contributed by atoms with Gasteiger partial charge in [0.2, 0.25) is 0 Å². The van der Waals surface area contributed by atoms with Crippen LogP contribution in [-0.4, -0.2) is 5.91 Å². The van der Waals surface area contributed by atoms with E-state index in [4.69, 9.17) is 17.3 Å². The lowest BCUT2D eigenvalue weighted by molar-refractivity contribution is 0.102. The molecule has 0 radical (unpaired) electrons. The van der Waals surface area contributed by atoms with E-state index in [-0.39, 0.29) is 10.7 Å². The molecule has 0 aliphatic carbocycles. The van der Waals surface area contributed by atoms with Crippen LogP contribution in [0.3, 0.4) is 0 Å². The van der Waals surface area contributed by atoms with Crippen LogP contribution in [0.25, 0.3) is 0 Å². The van der Waals surface area contributed by atoms with Crippen molar-refractivity contribution in [2.24, 2.45) is 0 Å². The molecule has 3 N–H and O–H groups in total. The van der Waals surface area contributed by atoms with E-state index >= 15 is 0 Å². The quantitative estimate of drug-likeness (QED) is 0.807. The van der Waals surface area contributed by atoms with Gasteiger partial charge >= 0.3 is 0 Å². The number of hydrogen-bond donors (Lipinski definition) is 2. The highest BCUT2D eigenvalue weighted by atomic mass is 79.9. The van der Waals surface area contributed by atoms with Crippen molar-refractivity contribution < 1.29 is 9.18 Å². The van der Waals surface area contributed by atoms with E-state index in [2.05, 4.69) is 21.2 Å². The summed E-state index contributed by atoms with van der Waals surface area (Å²) in [6.07, 6.45) is 0. The molecule has 0 saturated carbocycles. The average Bonchev–Trinajstić information content (AvgIpc) is 2.38. The molecule has 2 rings (SSSR count). The van der Waals surface area contributed by atoms with Crippen LogP contribution in [0.15, 0.2) is 40.9 Å². The summed E-state index contributed by atoms with van der Waals surface area (Å²) in [5, 5.41) is 2.40. The Morgan fingerprint density at radius 3 is 2.74 bits per heavy atom. The molecule has 0 heterocycles. The molecule has 0 aliphatic rings. The first kappa shape index (κ1) is 13.8. The van der Waals surface area contributed by atoms with Crippen LogP contribution in [0.5, 0.6) is 0 Å². The van der Waals surface area contributed by atoms with Gasteiger partial charge in [0, 0.05) is 15.7 Å². The summed E-state index contributed by atoms with van der Waals surface area (Å²) < 4.78 is 14.3. The maximum absolute atomic E-state index is 13.6. The van der Waals surface area contributed by atoms with Gasteiger partial charge in [-0.2, -0.15) is 0 Å². The van der Waals surface area contributed by atoms with Gasteiger partial charge in [0.15, 0.2) is 5.82 Å². The molecule has 0 spiro atoms. The number of nitrogens with one attached hydrogen (secondary N) is 1. The number of benzene rings is 2. The van der Waals surface area contributed by atoms with E-state index in [1.807, 2.05) is 0 Å². The van der Waals surface area contributed by atoms with Crippen molar-refractivity contribution in [3.8, 4) is 0 Å². The molecule has 2 aromatic carbocycles. The predicted octanol–water partition coefficient (Wildman–Crippen LogP) is 4.08. The Labute approximate surface area is 122 Å². The van der Waals surface area contributed by atoms with E-state index in [9.17, 15) is 9.18 Å². The molecule has 19 heavy (non-hydrogen) atoms. The summed E-state index contributed by atoms with van der Waals surface area (Å²) in [7, 11) is 0. The number of carbonyl (C=O) groups excluding carboxylic acids is 1. The third-order valence-electron chi connectivity index (χ3n) is 2.46. The molecule has 1 amide bonds. The molecule has 0 fully saturated rings. The van der Waals surface area contributed by atoms with Crippen molar-refractivity contribution >= 4 is 44.8 Å². The zero-order chi connectivity index (χ0) is 14.0. The van der Waals surface area contributed by atoms with Gasteiger partial charge in [-0.05, 0) is 46.3 Å². The number of halogens is 3. The largest absolute Gasteiger partial charge is 0.398 e. The van der Waals surface area contributed by atoms with E-state index in [1.54, 1.807) is 18.2 Å². The van der Waals surface area contributed by atoms with Crippen LogP contribution in [0, 0.1) is 5.82 Å². The van der Waals surface area contributed by atoms with Gasteiger partial charge in [-0.15, -0.1) is 0 Å². The van der Waals surface area contributed by atoms with E-state index in [1.165, 1.54) is 18.2 Å². The third kappa shape index (κ3) is 3.05. The molecule has 0 aliphatic heterocycles. The van der Waals surface area contributed by atoms with Crippen LogP contribution in [0.1, 0.15) is 10.4 Å². The Balaban J connectivity index is 2.26. The number of hydrogen-bond acceptors (Lipinski definition) is 2. The minimum Gasteiger partial charge on any atom is -0.398 e. The van der Waals surface area contributed by atoms with Crippen LogP contribution in [0.2, 0.25) is 5.02 Å². The third-order valence-corrected chi connectivity index (χ3v) is 3.47. The lowest BCUT2D eigenvalue weighted by Crippen LogP contribution is -2.13. The second kappa shape index (κ2) is 5.59. The SMILES string of the molecule is Nc1cc(C(=O)Nc2cccc(Cl)c2F)ccc1Br. The second-order valence-corrected chi connectivity index (χ2v) is 5.05. The summed E-state index contributed by atoms with van der Waals surface area (Å²) >= 11 is 8.87. The Hall–Kier alpha value is -1.59. The van der Waals surface area contributed by atoms with Gasteiger partial charge in [-0.3, -0.25) is 4.79 Å². The van der Waals surface area contributed by atoms with Crippen LogP contribution >= 0.6 is 27.5 Å². The summed E-state index contributed by atoms with van der Waals surface area (Å²) in [6, 6.07) is 9.13. The van der Waals surface area contributed by atoms with Gasteiger partial charge in [-0.25, -0.2) is 4.39 Å². The lowest BCUT2D eigenvalue weighted by Gasteiger charge is -2.08. The number of amides is 1. The van der Waals surface area contributed by atoms with Crippen LogP contribution in [0.4, 0.5) is 15.8 Å².